The lowest BCUT2D eigenvalue weighted by Gasteiger charge is -2.10. The Kier molecular flexibility index (Phi) is 3.86. The number of quaternary nitrogens is 1. The van der Waals surface area contributed by atoms with E-state index in [1.165, 1.54) is 19.5 Å². The Morgan fingerprint density at radius 2 is 2.20 bits per heavy atom. The van der Waals surface area contributed by atoms with Crippen LogP contribution < -0.4 is 15.9 Å². The van der Waals surface area contributed by atoms with Crippen molar-refractivity contribution in [3.8, 4) is 0 Å². The first kappa shape index (κ1) is 16.6. The van der Waals surface area contributed by atoms with Crippen LogP contribution in [0.4, 0.5) is 5.95 Å². The van der Waals surface area contributed by atoms with Crippen LogP contribution in [0, 0.1) is 11.8 Å². The van der Waals surface area contributed by atoms with E-state index in [0.717, 1.165) is 42.0 Å². The highest BCUT2D eigenvalue weighted by atomic mass is 16.1. The molecule has 7 nitrogen and oxygen atoms in total. The summed E-state index contributed by atoms with van der Waals surface area (Å²) in [5.74, 6) is 1.66. The molecule has 25 heavy (non-hydrogen) atoms. The lowest BCUT2D eigenvalue weighted by molar-refractivity contribution is -0.778. The third-order valence-corrected chi connectivity index (χ3v) is 6.50. The van der Waals surface area contributed by atoms with E-state index in [2.05, 4.69) is 46.3 Å². The van der Waals surface area contributed by atoms with Crippen LogP contribution >= 0.6 is 0 Å². The van der Waals surface area contributed by atoms with Gasteiger partial charge in [0.05, 0.1) is 13.1 Å². The third-order valence-electron chi connectivity index (χ3n) is 6.50. The molecule has 2 aromatic rings. The highest BCUT2D eigenvalue weighted by molar-refractivity contribution is 5.67. The number of nitrogen functional groups attached to an aromatic ring is 1. The second kappa shape index (κ2) is 5.83. The maximum atomic E-state index is 12.6. The molecule has 7 heteroatoms. The van der Waals surface area contributed by atoms with E-state index >= 15 is 0 Å². The number of H-pyrrole nitrogens is 1. The average Bonchev–Trinajstić information content (AvgIpc) is 3.02. The first-order chi connectivity index (χ1) is 11.9. The number of aromatic nitrogens is 4. The van der Waals surface area contributed by atoms with Gasteiger partial charge >= 0.3 is 5.65 Å². The Bertz CT molecular complexity index is 849. The number of fused-ring (bicyclic) bond motifs is 1. The fraction of sp³-hybridized carbons (Fsp3) is 0.722. The van der Waals surface area contributed by atoms with Crippen molar-refractivity contribution >= 4 is 17.1 Å². The molecular weight excluding hydrogens is 316 g/mol. The van der Waals surface area contributed by atoms with E-state index in [1.807, 2.05) is 0 Å². The standard InChI is InChI=1S/C18H29N6O/c1-4-13-10-14(9-12(13)2)23-11-22(5-6-24(3)7-8-24)15-16(23)20-18(19)21-17(15)25/h11-14H,4-10H2,1-3H3,(H2-,19,20,21,25)/q+1/p+1/t12-,13+,14+/m1/s1. The maximum absolute atomic E-state index is 12.6. The zero-order valence-corrected chi connectivity index (χ0v) is 15.5. The first-order valence-corrected chi connectivity index (χ1v) is 9.53. The van der Waals surface area contributed by atoms with E-state index < -0.39 is 0 Å². The van der Waals surface area contributed by atoms with Crippen LogP contribution in [0.2, 0.25) is 0 Å². The Morgan fingerprint density at radius 1 is 1.44 bits per heavy atom. The van der Waals surface area contributed by atoms with Crippen molar-refractivity contribution in [1.29, 1.82) is 0 Å². The summed E-state index contributed by atoms with van der Waals surface area (Å²) in [5, 5.41) is 0. The zero-order valence-electron chi connectivity index (χ0n) is 15.5. The molecule has 1 saturated carbocycles. The second-order valence-corrected chi connectivity index (χ2v) is 8.40. The van der Waals surface area contributed by atoms with Crippen molar-refractivity contribution < 1.29 is 9.05 Å². The molecule has 0 aromatic carbocycles. The van der Waals surface area contributed by atoms with Crippen molar-refractivity contribution in [2.75, 3.05) is 32.4 Å². The van der Waals surface area contributed by atoms with Gasteiger partial charge in [-0.05, 0) is 24.7 Å². The monoisotopic (exact) mass is 346 g/mol. The molecule has 3 N–H and O–H groups in total. The van der Waals surface area contributed by atoms with Gasteiger partial charge in [-0.1, -0.05) is 25.3 Å². The Morgan fingerprint density at radius 3 is 2.84 bits per heavy atom. The summed E-state index contributed by atoms with van der Waals surface area (Å²) in [5.41, 5.74) is 7.11. The average molecular weight is 346 g/mol. The summed E-state index contributed by atoms with van der Waals surface area (Å²) < 4.78 is 5.40. The molecule has 0 bridgehead atoms. The van der Waals surface area contributed by atoms with Crippen LogP contribution in [0.15, 0.2) is 11.1 Å². The number of nitrogens with zero attached hydrogens (tertiary/aromatic N) is 4. The fourth-order valence-corrected chi connectivity index (χ4v) is 4.45. The van der Waals surface area contributed by atoms with Gasteiger partial charge in [0, 0.05) is 0 Å². The molecule has 0 amide bonds. The number of likely N-dealkylation sites (N-methyl/N-ethyl adjacent to an activating group) is 1. The molecular formula is C18H30N6O+2. The SMILES string of the molecule is CC[C@H]1C[C@@H]([n+]2cn(CC[N+]3(C)CC3)c3c(=O)[nH]c(N)nc32)C[C@H]1C. The number of imidazole rings is 1. The van der Waals surface area contributed by atoms with Crippen molar-refractivity contribution in [1.82, 2.24) is 14.5 Å². The lowest BCUT2D eigenvalue weighted by Crippen LogP contribution is -2.38. The minimum atomic E-state index is -0.132. The molecule has 0 spiro atoms. The Hall–Kier alpha value is -1.89. The summed E-state index contributed by atoms with van der Waals surface area (Å²) >= 11 is 0. The molecule has 3 atom stereocenters. The van der Waals surface area contributed by atoms with E-state index in [1.54, 1.807) is 0 Å². The highest BCUT2D eigenvalue weighted by Gasteiger charge is 2.39. The van der Waals surface area contributed by atoms with Crippen molar-refractivity contribution in [3.05, 3.63) is 16.7 Å². The third kappa shape index (κ3) is 2.94. The van der Waals surface area contributed by atoms with Crippen LogP contribution in [0.1, 0.15) is 39.2 Å². The van der Waals surface area contributed by atoms with Gasteiger partial charge in [-0.2, -0.15) is 0 Å². The van der Waals surface area contributed by atoms with Crippen molar-refractivity contribution in [2.45, 2.75) is 45.7 Å². The summed E-state index contributed by atoms with van der Waals surface area (Å²) in [6, 6.07) is 0.406. The summed E-state index contributed by atoms with van der Waals surface area (Å²) in [6.07, 6.45) is 5.62. The zero-order chi connectivity index (χ0) is 17.8. The summed E-state index contributed by atoms with van der Waals surface area (Å²) in [4.78, 5) is 19.7. The number of nitrogens with one attached hydrogen (secondary N) is 1. The number of nitrogens with two attached hydrogens (primary N) is 1. The van der Waals surface area contributed by atoms with Gasteiger partial charge in [0.2, 0.25) is 5.52 Å². The molecule has 2 aromatic heterocycles. The quantitative estimate of drug-likeness (QED) is 0.482. The number of hydrogen-bond donors (Lipinski definition) is 2. The fourth-order valence-electron chi connectivity index (χ4n) is 4.45. The molecule has 4 rings (SSSR count). The predicted molar refractivity (Wildman–Crippen MR) is 97.0 cm³/mol. The predicted octanol–water partition coefficient (Wildman–Crippen LogP) is 1.05. The van der Waals surface area contributed by atoms with Gasteiger partial charge in [0.15, 0.2) is 6.33 Å². The highest BCUT2D eigenvalue weighted by Crippen LogP contribution is 2.38. The van der Waals surface area contributed by atoms with Crippen LogP contribution in [0.3, 0.4) is 0 Å². The van der Waals surface area contributed by atoms with Gasteiger partial charge in [0.1, 0.15) is 26.2 Å². The summed E-state index contributed by atoms with van der Waals surface area (Å²) in [6.45, 7) is 8.97. The molecule has 3 heterocycles. The van der Waals surface area contributed by atoms with Gasteiger partial charge in [-0.3, -0.25) is 9.78 Å². The van der Waals surface area contributed by atoms with Crippen LogP contribution in [-0.2, 0) is 6.54 Å². The Balaban J connectivity index is 1.74. The minimum absolute atomic E-state index is 0.132. The van der Waals surface area contributed by atoms with Gasteiger partial charge in [-0.25, -0.2) is 9.13 Å². The lowest BCUT2D eigenvalue weighted by atomic mass is 9.96. The number of rotatable bonds is 5. The number of anilines is 1. The number of hydrogen-bond acceptors (Lipinski definition) is 3. The first-order valence-electron chi connectivity index (χ1n) is 9.53. The van der Waals surface area contributed by atoms with Crippen LogP contribution in [0.25, 0.3) is 11.2 Å². The molecule has 0 unspecified atom stereocenters. The van der Waals surface area contributed by atoms with E-state index in [4.69, 9.17) is 5.73 Å². The summed E-state index contributed by atoms with van der Waals surface area (Å²) in [7, 11) is 2.27. The normalized spacial score (nSPS) is 27.9. The topological polar surface area (TPSA) is 80.6 Å². The molecule has 2 fully saturated rings. The van der Waals surface area contributed by atoms with E-state index in [-0.39, 0.29) is 11.5 Å². The van der Waals surface area contributed by atoms with Gasteiger partial charge < -0.3 is 10.2 Å². The minimum Gasteiger partial charge on any atom is -0.355 e. The van der Waals surface area contributed by atoms with E-state index in [9.17, 15) is 4.79 Å². The number of aromatic amines is 1. The second-order valence-electron chi connectivity index (χ2n) is 8.40. The molecule has 1 saturated heterocycles. The van der Waals surface area contributed by atoms with Crippen molar-refractivity contribution in [2.24, 2.45) is 11.8 Å². The molecule has 2 aliphatic rings. The largest absolute Gasteiger partial charge is 0.355 e. The molecule has 1 aliphatic carbocycles. The smallest absolute Gasteiger partial charge is 0.311 e. The molecule has 0 radical (unpaired) electrons. The Labute approximate surface area is 148 Å². The van der Waals surface area contributed by atoms with E-state index in [0.29, 0.717) is 17.5 Å². The van der Waals surface area contributed by atoms with Crippen LogP contribution in [0.5, 0.6) is 0 Å². The maximum Gasteiger partial charge on any atom is 0.311 e. The van der Waals surface area contributed by atoms with Crippen molar-refractivity contribution in [3.63, 3.8) is 0 Å². The van der Waals surface area contributed by atoms with Crippen LogP contribution in [-0.4, -0.2) is 45.7 Å². The molecule has 1 aliphatic heterocycles. The van der Waals surface area contributed by atoms with Gasteiger partial charge in [-0.15, -0.1) is 0 Å². The van der Waals surface area contributed by atoms with Gasteiger partial charge in [0.25, 0.3) is 11.5 Å². The molecule has 136 valence electrons.